The molecule has 0 radical (unpaired) electrons. The minimum atomic E-state index is -0.732. The summed E-state index contributed by atoms with van der Waals surface area (Å²) in [7, 11) is 2.61. The third kappa shape index (κ3) is 9.98. The second-order valence-electron chi connectivity index (χ2n) is 14.7. The molecule has 3 saturated carbocycles. The first-order chi connectivity index (χ1) is 21.7. The molecule has 4 unspecified atom stereocenters. The number of rotatable bonds is 12. The molecule has 260 valence electrons. The van der Waals surface area contributed by atoms with Crippen LogP contribution in [0.2, 0.25) is 0 Å². The summed E-state index contributed by atoms with van der Waals surface area (Å²) >= 11 is 0. The SMILES string of the molecule is C=C(C(=O)OC)C(OC(=O)NC(C)(C)C1CCCC(C(C)(C)NC(=O)OC(C(=C)C(=O)OC)C2CCCCC2)C1)C1CCCCC1. The van der Waals surface area contributed by atoms with E-state index >= 15 is 0 Å². The zero-order valence-corrected chi connectivity index (χ0v) is 29.0. The molecule has 2 amide bonds. The van der Waals surface area contributed by atoms with Gasteiger partial charge in [-0.25, -0.2) is 19.2 Å². The number of carbonyl (C=O) groups excluding carboxylic acids is 4. The number of nitrogens with one attached hydrogen (secondary N) is 2. The molecule has 10 nitrogen and oxygen atoms in total. The Labute approximate surface area is 275 Å². The smallest absolute Gasteiger partial charge is 0.408 e. The molecular formula is C36H58N2O8. The van der Waals surface area contributed by atoms with Crippen molar-refractivity contribution in [2.75, 3.05) is 14.2 Å². The molecule has 3 aliphatic carbocycles. The summed E-state index contributed by atoms with van der Waals surface area (Å²) in [5.41, 5.74) is -0.887. The first kappa shape index (κ1) is 37.4. The summed E-state index contributed by atoms with van der Waals surface area (Å²) in [5, 5.41) is 6.18. The third-order valence-electron chi connectivity index (χ3n) is 10.8. The Morgan fingerprint density at radius 2 is 0.935 bits per heavy atom. The van der Waals surface area contributed by atoms with E-state index in [1.807, 2.05) is 27.7 Å². The molecule has 3 rings (SSSR count). The highest BCUT2D eigenvalue weighted by molar-refractivity contribution is 5.90. The molecule has 0 aromatic carbocycles. The van der Waals surface area contributed by atoms with E-state index in [0.717, 1.165) is 89.9 Å². The fraction of sp³-hybridized carbons (Fsp3) is 0.778. The van der Waals surface area contributed by atoms with Crippen LogP contribution in [0.3, 0.4) is 0 Å². The number of alkyl carbamates (subject to hydrolysis) is 2. The van der Waals surface area contributed by atoms with Crippen LogP contribution in [-0.2, 0) is 28.5 Å². The Morgan fingerprint density at radius 3 is 1.26 bits per heavy atom. The highest BCUT2D eigenvalue weighted by atomic mass is 16.6. The maximum Gasteiger partial charge on any atom is 0.408 e. The molecule has 2 N–H and O–H groups in total. The van der Waals surface area contributed by atoms with Crippen molar-refractivity contribution in [2.45, 2.75) is 141 Å². The van der Waals surface area contributed by atoms with Crippen LogP contribution in [0.5, 0.6) is 0 Å². The van der Waals surface area contributed by atoms with E-state index < -0.39 is 47.4 Å². The normalized spacial score (nSPS) is 22.8. The summed E-state index contributed by atoms with van der Waals surface area (Å²) in [5.74, 6) is -0.843. The van der Waals surface area contributed by atoms with Crippen LogP contribution < -0.4 is 10.6 Å². The molecule has 0 heterocycles. The fourth-order valence-corrected chi connectivity index (χ4v) is 7.79. The summed E-state index contributed by atoms with van der Waals surface area (Å²) < 4.78 is 21.6. The Hall–Kier alpha value is -3.04. The van der Waals surface area contributed by atoms with Crippen molar-refractivity contribution >= 4 is 24.1 Å². The molecule has 0 saturated heterocycles. The number of hydrogen-bond donors (Lipinski definition) is 2. The maximum absolute atomic E-state index is 13.3. The predicted octanol–water partition coefficient (Wildman–Crippen LogP) is 7.16. The molecule has 3 aliphatic rings. The maximum atomic E-state index is 13.3. The van der Waals surface area contributed by atoms with Gasteiger partial charge in [-0.3, -0.25) is 0 Å². The van der Waals surface area contributed by atoms with Crippen LogP contribution in [0, 0.1) is 23.7 Å². The average molecular weight is 647 g/mol. The van der Waals surface area contributed by atoms with E-state index in [1.165, 1.54) is 14.2 Å². The molecule has 0 aromatic heterocycles. The van der Waals surface area contributed by atoms with Crippen molar-refractivity contribution in [2.24, 2.45) is 23.7 Å². The van der Waals surface area contributed by atoms with E-state index in [-0.39, 0.29) is 34.8 Å². The predicted molar refractivity (Wildman–Crippen MR) is 176 cm³/mol. The van der Waals surface area contributed by atoms with E-state index in [0.29, 0.717) is 0 Å². The van der Waals surface area contributed by atoms with E-state index in [2.05, 4.69) is 23.8 Å². The van der Waals surface area contributed by atoms with Crippen LogP contribution in [0.1, 0.15) is 118 Å². The minimum absolute atomic E-state index is 0.0300. The van der Waals surface area contributed by atoms with Crippen LogP contribution in [0.25, 0.3) is 0 Å². The van der Waals surface area contributed by atoms with Crippen molar-refractivity contribution in [1.82, 2.24) is 10.6 Å². The van der Waals surface area contributed by atoms with Crippen LogP contribution in [0.4, 0.5) is 9.59 Å². The van der Waals surface area contributed by atoms with Crippen molar-refractivity contribution in [1.29, 1.82) is 0 Å². The zero-order chi connectivity index (χ0) is 34.1. The van der Waals surface area contributed by atoms with Crippen LogP contribution in [-0.4, -0.2) is 61.6 Å². The lowest BCUT2D eigenvalue weighted by molar-refractivity contribution is -0.138. The van der Waals surface area contributed by atoms with Crippen molar-refractivity contribution in [3.63, 3.8) is 0 Å². The number of esters is 2. The van der Waals surface area contributed by atoms with Gasteiger partial charge < -0.3 is 29.6 Å². The number of ether oxygens (including phenoxy) is 4. The summed E-state index contributed by atoms with van der Waals surface area (Å²) in [6.07, 6.45) is 10.7. The number of methoxy groups -OCH3 is 2. The van der Waals surface area contributed by atoms with Crippen molar-refractivity contribution < 1.29 is 38.1 Å². The molecule has 0 spiro atoms. The van der Waals surface area contributed by atoms with Gasteiger partial charge in [-0.1, -0.05) is 58.1 Å². The van der Waals surface area contributed by atoms with Gasteiger partial charge in [0.2, 0.25) is 0 Å². The molecule has 3 fully saturated rings. The molecule has 10 heteroatoms. The molecular weight excluding hydrogens is 588 g/mol. The molecule has 0 bridgehead atoms. The average Bonchev–Trinajstić information content (AvgIpc) is 3.05. The highest BCUT2D eigenvalue weighted by Crippen LogP contribution is 2.41. The summed E-state index contributed by atoms with van der Waals surface area (Å²) in [4.78, 5) is 51.3. The van der Waals surface area contributed by atoms with Crippen LogP contribution in [0.15, 0.2) is 24.3 Å². The quantitative estimate of drug-likeness (QED) is 0.130. The lowest BCUT2D eigenvalue weighted by Crippen LogP contribution is -2.55. The summed E-state index contributed by atoms with van der Waals surface area (Å²) in [6, 6.07) is 0. The highest BCUT2D eigenvalue weighted by Gasteiger charge is 2.43. The van der Waals surface area contributed by atoms with Gasteiger partial charge in [0.1, 0.15) is 12.2 Å². The van der Waals surface area contributed by atoms with Gasteiger partial charge in [0.05, 0.1) is 25.4 Å². The lowest BCUT2D eigenvalue weighted by Gasteiger charge is -2.45. The van der Waals surface area contributed by atoms with Crippen molar-refractivity contribution in [3.8, 4) is 0 Å². The Morgan fingerprint density at radius 1 is 0.587 bits per heavy atom. The minimum Gasteiger partial charge on any atom is -0.466 e. The molecule has 4 atom stereocenters. The van der Waals surface area contributed by atoms with Crippen LogP contribution >= 0.6 is 0 Å². The Bertz CT molecular complexity index is 1020. The number of hydrogen-bond acceptors (Lipinski definition) is 8. The standard InChI is InChI=1S/C36H58N2O8/c1-23(31(39)43-7)29(25-16-11-9-12-17-25)45-33(41)37-35(3,4)27-20-15-21-28(22-27)36(5,6)38-34(42)46-30(24(2)32(40)44-8)26-18-13-10-14-19-26/h25-30H,1-2,9-22H2,3-8H3,(H,37,41)(H,38,42). The Kier molecular flexibility index (Phi) is 13.6. The zero-order valence-electron chi connectivity index (χ0n) is 29.0. The van der Waals surface area contributed by atoms with Gasteiger partial charge in [-0.15, -0.1) is 0 Å². The third-order valence-corrected chi connectivity index (χ3v) is 10.8. The number of amides is 2. The lowest BCUT2D eigenvalue weighted by atomic mass is 9.67. The van der Waals surface area contributed by atoms with Gasteiger partial charge in [0.25, 0.3) is 0 Å². The second-order valence-corrected chi connectivity index (χ2v) is 14.7. The van der Waals surface area contributed by atoms with Gasteiger partial charge >= 0.3 is 24.1 Å². The molecule has 0 aliphatic heterocycles. The largest absolute Gasteiger partial charge is 0.466 e. The topological polar surface area (TPSA) is 129 Å². The first-order valence-corrected chi connectivity index (χ1v) is 17.2. The van der Waals surface area contributed by atoms with Crippen molar-refractivity contribution in [3.05, 3.63) is 24.3 Å². The monoisotopic (exact) mass is 646 g/mol. The van der Waals surface area contributed by atoms with Gasteiger partial charge in [-0.2, -0.15) is 0 Å². The number of carbonyl (C=O) groups is 4. The Balaban J connectivity index is 1.64. The fourth-order valence-electron chi connectivity index (χ4n) is 7.79. The summed E-state index contributed by atoms with van der Waals surface area (Å²) in [6.45, 7) is 15.8. The first-order valence-electron chi connectivity index (χ1n) is 17.2. The van der Waals surface area contributed by atoms with E-state index in [9.17, 15) is 19.2 Å². The molecule has 0 aromatic rings. The van der Waals surface area contributed by atoms with E-state index in [1.54, 1.807) is 0 Å². The van der Waals surface area contributed by atoms with Gasteiger partial charge in [0, 0.05) is 22.9 Å². The molecule has 46 heavy (non-hydrogen) atoms. The second kappa shape index (κ2) is 16.7. The van der Waals surface area contributed by atoms with Gasteiger partial charge in [0.15, 0.2) is 0 Å². The van der Waals surface area contributed by atoms with E-state index in [4.69, 9.17) is 18.9 Å². The van der Waals surface area contributed by atoms with Gasteiger partial charge in [-0.05, 0) is 84.5 Å².